The van der Waals surface area contributed by atoms with Crippen LogP contribution in [0.3, 0.4) is 0 Å². The molecule has 144 valence electrons. The summed E-state index contributed by atoms with van der Waals surface area (Å²) in [6, 6.07) is 18.0. The Hall–Kier alpha value is -3.06. The summed E-state index contributed by atoms with van der Waals surface area (Å²) in [7, 11) is 0. The minimum atomic E-state index is -0.296. The lowest BCUT2D eigenvalue weighted by atomic mass is 10.1. The molecule has 0 unspecified atom stereocenters. The van der Waals surface area contributed by atoms with Crippen LogP contribution in [0.2, 0.25) is 0 Å². The zero-order valence-electron chi connectivity index (χ0n) is 15.7. The summed E-state index contributed by atoms with van der Waals surface area (Å²) in [6.07, 6.45) is 1.83. The monoisotopic (exact) mass is 395 g/mol. The maximum atomic E-state index is 12.6. The third-order valence-corrected chi connectivity index (χ3v) is 4.65. The van der Waals surface area contributed by atoms with Crippen molar-refractivity contribution in [3.8, 4) is 17.0 Å². The van der Waals surface area contributed by atoms with Gasteiger partial charge in [-0.15, -0.1) is 0 Å². The topological polar surface area (TPSA) is 73.2 Å². The van der Waals surface area contributed by atoms with Gasteiger partial charge in [-0.3, -0.25) is 14.2 Å². The number of nitrogens with one attached hydrogen (secondary N) is 1. The highest BCUT2D eigenvalue weighted by molar-refractivity contribution is 7.98. The molecule has 1 amide bonds. The minimum Gasteiger partial charge on any atom is -0.494 e. The van der Waals surface area contributed by atoms with Gasteiger partial charge in [0, 0.05) is 17.3 Å². The molecule has 0 radical (unpaired) electrons. The van der Waals surface area contributed by atoms with E-state index in [4.69, 9.17) is 4.74 Å². The molecule has 2 aromatic carbocycles. The Bertz CT molecular complexity index is 1000. The van der Waals surface area contributed by atoms with Gasteiger partial charge in [0.15, 0.2) is 5.16 Å². The molecule has 28 heavy (non-hydrogen) atoms. The van der Waals surface area contributed by atoms with Gasteiger partial charge < -0.3 is 10.1 Å². The van der Waals surface area contributed by atoms with Gasteiger partial charge in [-0.05, 0) is 37.4 Å². The average Bonchev–Trinajstić information content (AvgIpc) is 2.71. The quantitative estimate of drug-likeness (QED) is 0.488. The van der Waals surface area contributed by atoms with Crippen LogP contribution in [0, 0.1) is 0 Å². The summed E-state index contributed by atoms with van der Waals surface area (Å²) in [6.45, 7) is 2.39. The van der Waals surface area contributed by atoms with E-state index < -0.39 is 0 Å². The molecule has 0 bridgehead atoms. The summed E-state index contributed by atoms with van der Waals surface area (Å²) >= 11 is 1.33. The fraction of sp³-hybridized carbons (Fsp3) is 0.190. The van der Waals surface area contributed by atoms with Crippen molar-refractivity contribution in [2.24, 2.45) is 0 Å². The summed E-state index contributed by atoms with van der Waals surface area (Å²) < 4.78 is 6.76. The van der Waals surface area contributed by atoms with Gasteiger partial charge in [-0.2, -0.15) is 0 Å². The number of ether oxygens (including phenoxy) is 1. The number of hydrogen-bond acceptors (Lipinski definition) is 5. The molecular formula is C21H21N3O3S. The van der Waals surface area contributed by atoms with Crippen LogP contribution in [0.1, 0.15) is 6.92 Å². The van der Waals surface area contributed by atoms with E-state index in [1.165, 1.54) is 22.4 Å². The Balaban J connectivity index is 1.77. The van der Waals surface area contributed by atoms with E-state index in [9.17, 15) is 9.59 Å². The van der Waals surface area contributed by atoms with Crippen molar-refractivity contribution in [3.05, 3.63) is 71.0 Å². The van der Waals surface area contributed by atoms with Crippen molar-refractivity contribution < 1.29 is 9.53 Å². The lowest BCUT2D eigenvalue weighted by Gasteiger charge is -2.12. The highest BCUT2D eigenvalue weighted by atomic mass is 32.2. The summed E-state index contributed by atoms with van der Waals surface area (Å²) in [5, 5.41) is 3.29. The van der Waals surface area contributed by atoms with Gasteiger partial charge in [0.05, 0.1) is 12.3 Å². The van der Waals surface area contributed by atoms with Gasteiger partial charge >= 0.3 is 0 Å². The van der Waals surface area contributed by atoms with Crippen molar-refractivity contribution in [3.63, 3.8) is 0 Å². The molecule has 1 heterocycles. The Kier molecular flexibility index (Phi) is 6.49. The predicted octanol–water partition coefficient (Wildman–Crippen LogP) is 3.67. The smallest absolute Gasteiger partial charge is 0.255 e. The highest BCUT2D eigenvalue weighted by Crippen LogP contribution is 2.19. The standard InChI is InChI=1S/C21H21N3O3S/c1-3-27-17-11-9-16(10-12-17)22-19(25)14-24-20(26)13-18(23-21(24)28-2)15-7-5-4-6-8-15/h4-13H,3,14H2,1-2H3,(H,22,25). The van der Waals surface area contributed by atoms with Gasteiger partial charge in [-0.1, -0.05) is 42.1 Å². The first-order valence-electron chi connectivity index (χ1n) is 8.84. The van der Waals surface area contributed by atoms with Crippen LogP contribution in [0.5, 0.6) is 5.75 Å². The Morgan fingerprint density at radius 1 is 1.14 bits per heavy atom. The first-order chi connectivity index (χ1) is 13.6. The molecular weight excluding hydrogens is 374 g/mol. The predicted molar refractivity (Wildman–Crippen MR) is 112 cm³/mol. The Labute approximate surface area is 167 Å². The molecule has 0 aliphatic carbocycles. The zero-order valence-corrected chi connectivity index (χ0v) is 16.5. The van der Waals surface area contributed by atoms with E-state index in [0.717, 1.165) is 11.3 Å². The molecule has 7 heteroatoms. The van der Waals surface area contributed by atoms with Crippen LogP contribution in [0.25, 0.3) is 11.3 Å². The van der Waals surface area contributed by atoms with Crippen molar-refractivity contribution in [1.82, 2.24) is 9.55 Å². The maximum absolute atomic E-state index is 12.6. The van der Waals surface area contributed by atoms with Crippen molar-refractivity contribution in [1.29, 1.82) is 0 Å². The molecule has 3 aromatic rings. The SMILES string of the molecule is CCOc1ccc(NC(=O)Cn2c(SC)nc(-c3ccccc3)cc2=O)cc1. The van der Waals surface area contributed by atoms with Gasteiger partial charge in [0.25, 0.3) is 5.56 Å². The van der Waals surface area contributed by atoms with Gasteiger partial charge in [0.2, 0.25) is 5.91 Å². The van der Waals surface area contributed by atoms with E-state index in [0.29, 0.717) is 23.1 Å². The molecule has 0 aliphatic rings. The van der Waals surface area contributed by atoms with E-state index in [1.807, 2.05) is 43.5 Å². The molecule has 0 fully saturated rings. The lowest BCUT2D eigenvalue weighted by Crippen LogP contribution is -2.29. The molecule has 3 rings (SSSR count). The maximum Gasteiger partial charge on any atom is 0.255 e. The largest absolute Gasteiger partial charge is 0.494 e. The number of carbonyl (C=O) groups is 1. The van der Waals surface area contributed by atoms with E-state index >= 15 is 0 Å². The molecule has 1 N–H and O–H groups in total. The van der Waals surface area contributed by atoms with E-state index in [-0.39, 0.29) is 18.0 Å². The zero-order chi connectivity index (χ0) is 19.9. The second-order valence-electron chi connectivity index (χ2n) is 5.92. The molecule has 0 aliphatic heterocycles. The van der Waals surface area contributed by atoms with Crippen molar-refractivity contribution in [2.75, 3.05) is 18.2 Å². The molecule has 0 atom stereocenters. The van der Waals surface area contributed by atoms with Crippen molar-refractivity contribution in [2.45, 2.75) is 18.6 Å². The number of nitrogens with zero attached hydrogens (tertiary/aromatic N) is 2. The molecule has 0 spiro atoms. The fourth-order valence-corrected chi connectivity index (χ4v) is 3.25. The lowest BCUT2D eigenvalue weighted by molar-refractivity contribution is -0.116. The van der Waals surface area contributed by atoms with E-state index in [1.54, 1.807) is 24.3 Å². The molecule has 1 aromatic heterocycles. The molecule has 6 nitrogen and oxygen atoms in total. The average molecular weight is 395 g/mol. The minimum absolute atomic E-state index is 0.107. The normalized spacial score (nSPS) is 10.5. The summed E-state index contributed by atoms with van der Waals surface area (Å²) in [5.41, 5.74) is 1.83. The van der Waals surface area contributed by atoms with E-state index in [2.05, 4.69) is 10.3 Å². The third kappa shape index (κ3) is 4.80. The number of carbonyl (C=O) groups excluding carboxylic acids is 1. The van der Waals surface area contributed by atoms with Crippen LogP contribution < -0.4 is 15.6 Å². The number of amides is 1. The van der Waals surface area contributed by atoms with Crippen molar-refractivity contribution >= 4 is 23.4 Å². The fourth-order valence-electron chi connectivity index (χ4n) is 2.69. The van der Waals surface area contributed by atoms with Gasteiger partial charge in [0.1, 0.15) is 12.3 Å². The Morgan fingerprint density at radius 2 is 1.86 bits per heavy atom. The molecule has 0 saturated heterocycles. The number of aromatic nitrogens is 2. The second-order valence-corrected chi connectivity index (χ2v) is 6.70. The molecule has 0 saturated carbocycles. The first-order valence-corrected chi connectivity index (χ1v) is 10.1. The van der Waals surface area contributed by atoms with Crippen LogP contribution in [-0.2, 0) is 11.3 Å². The van der Waals surface area contributed by atoms with Crippen LogP contribution in [0.4, 0.5) is 5.69 Å². The number of rotatable bonds is 7. The van der Waals surface area contributed by atoms with Crippen LogP contribution in [-0.4, -0.2) is 28.3 Å². The summed E-state index contributed by atoms with van der Waals surface area (Å²) in [4.78, 5) is 29.6. The third-order valence-electron chi connectivity index (χ3n) is 3.98. The number of benzene rings is 2. The summed E-state index contributed by atoms with van der Waals surface area (Å²) in [5.74, 6) is 0.443. The second kappa shape index (κ2) is 9.23. The number of thioether (sulfide) groups is 1. The van der Waals surface area contributed by atoms with Crippen LogP contribution >= 0.6 is 11.8 Å². The highest BCUT2D eigenvalue weighted by Gasteiger charge is 2.13. The first kappa shape index (κ1) is 19.7. The number of hydrogen-bond donors (Lipinski definition) is 1. The van der Waals surface area contributed by atoms with Crippen LogP contribution in [0.15, 0.2) is 70.6 Å². The number of anilines is 1. The van der Waals surface area contributed by atoms with Gasteiger partial charge in [-0.25, -0.2) is 4.98 Å². The Morgan fingerprint density at radius 3 is 2.50 bits per heavy atom.